The molecule has 0 unspecified atom stereocenters. The Labute approximate surface area is 184 Å². The molecule has 1 aromatic carbocycles. The molecule has 0 spiro atoms. The van der Waals surface area contributed by atoms with Crippen molar-refractivity contribution in [1.82, 2.24) is 15.3 Å². The summed E-state index contributed by atoms with van der Waals surface area (Å²) < 4.78 is 35.7. The first-order valence-corrected chi connectivity index (χ1v) is 11.7. The van der Waals surface area contributed by atoms with E-state index >= 15 is 0 Å². The van der Waals surface area contributed by atoms with Gasteiger partial charge in [0, 0.05) is 34.8 Å². The van der Waals surface area contributed by atoms with Gasteiger partial charge in [0.05, 0.1) is 28.8 Å². The Hall–Kier alpha value is -2.62. The molecular formula is C22H18F2N4OS2. The molecule has 2 aliphatic rings. The van der Waals surface area contributed by atoms with Crippen molar-refractivity contribution in [2.75, 3.05) is 25.0 Å². The minimum atomic E-state index is -0.679. The molecule has 3 aromatic heterocycles. The van der Waals surface area contributed by atoms with Gasteiger partial charge in [-0.1, -0.05) is 0 Å². The third-order valence-electron chi connectivity index (χ3n) is 6.17. The number of aromatic nitrogens is 2. The molecule has 6 rings (SSSR count). The summed E-state index contributed by atoms with van der Waals surface area (Å²) in [6.07, 6.45) is 5.47. The van der Waals surface area contributed by atoms with E-state index in [2.05, 4.69) is 26.7 Å². The minimum absolute atomic E-state index is 0.116. The maximum Gasteiger partial charge on any atom is 0.176 e. The molecule has 5 nitrogen and oxygen atoms in total. The number of anilines is 2. The molecule has 0 bridgehead atoms. The number of hydrogen-bond acceptors (Lipinski definition) is 7. The van der Waals surface area contributed by atoms with E-state index in [1.807, 2.05) is 6.26 Å². The maximum atomic E-state index is 15.0. The highest BCUT2D eigenvalue weighted by molar-refractivity contribution is 7.19. The number of nitrogens with zero attached hydrogens (tertiary/aromatic N) is 2. The average molecular weight is 457 g/mol. The van der Waals surface area contributed by atoms with Gasteiger partial charge in [0.1, 0.15) is 16.0 Å². The summed E-state index contributed by atoms with van der Waals surface area (Å²) in [6.45, 7) is 2.50. The van der Waals surface area contributed by atoms with Crippen molar-refractivity contribution in [3.05, 3.63) is 58.3 Å². The van der Waals surface area contributed by atoms with Crippen LogP contribution in [0.5, 0.6) is 0 Å². The molecule has 1 saturated heterocycles. The summed E-state index contributed by atoms with van der Waals surface area (Å²) >= 11 is 2.85. The summed E-state index contributed by atoms with van der Waals surface area (Å²) in [5.41, 5.74) is 3.30. The fourth-order valence-corrected chi connectivity index (χ4v) is 6.52. The number of benzene rings is 1. The van der Waals surface area contributed by atoms with Crippen molar-refractivity contribution >= 4 is 54.5 Å². The number of hydrogen-bond donors (Lipinski definition) is 2. The summed E-state index contributed by atoms with van der Waals surface area (Å²) in [6, 6.07) is 5.18. The molecule has 0 amide bonds. The molecule has 158 valence electrons. The lowest BCUT2D eigenvalue weighted by atomic mass is 9.77. The smallest absolute Gasteiger partial charge is 0.176 e. The van der Waals surface area contributed by atoms with E-state index in [9.17, 15) is 8.78 Å². The van der Waals surface area contributed by atoms with Crippen molar-refractivity contribution in [2.45, 2.75) is 18.3 Å². The van der Waals surface area contributed by atoms with E-state index in [-0.39, 0.29) is 16.6 Å². The Morgan fingerprint density at radius 3 is 2.97 bits per heavy atom. The third-order valence-corrected chi connectivity index (χ3v) is 8.19. The quantitative estimate of drug-likeness (QED) is 0.427. The SMILES string of the molecule is Fc1cc2scnc2c(F)c1Nc1ccnc2sc([C@@]3(C4=COCC4)CCNC3)cc12. The topological polar surface area (TPSA) is 59.1 Å². The lowest BCUT2D eigenvalue weighted by Gasteiger charge is -2.27. The molecule has 1 fully saturated rings. The Kier molecular flexibility index (Phi) is 4.45. The fourth-order valence-electron chi connectivity index (χ4n) is 4.54. The number of rotatable bonds is 4. The average Bonchev–Trinajstić information content (AvgIpc) is 3.55. The molecule has 1 atom stereocenters. The van der Waals surface area contributed by atoms with Crippen LogP contribution in [0.1, 0.15) is 17.7 Å². The molecule has 0 saturated carbocycles. The fraction of sp³-hybridized carbons (Fsp3) is 0.273. The van der Waals surface area contributed by atoms with Crippen LogP contribution >= 0.6 is 22.7 Å². The van der Waals surface area contributed by atoms with Crippen LogP contribution < -0.4 is 10.6 Å². The number of nitrogens with one attached hydrogen (secondary N) is 2. The number of thiazole rings is 1. The van der Waals surface area contributed by atoms with E-state index in [0.29, 0.717) is 17.0 Å². The molecule has 0 radical (unpaired) electrons. The molecule has 5 heterocycles. The van der Waals surface area contributed by atoms with E-state index in [1.165, 1.54) is 33.4 Å². The van der Waals surface area contributed by atoms with Gasteiger partial charge in [-0.25, -0.2) is 18.7 Å². The lowest BCUT2D eigenvalue weighted by molar-refractivity contribution is 0.281. The first-order chi connectivity index (χ1) is 15.2. The Bertz CT molecular complexity index is 1340. The molecule has 9 heteroatoms. The van der Waals surface area contributed by atoms with Crippen molar-refractivity contribution in [3.8, 4) is 0 Å². The van der Waals surface area contributed by atoms with Crippen molar-refractivity contribution in [2.24, 2.45) is 0 Å². The summed E-state index contributed by atoms with van der Waals surface area (Å²) in [7, 11) is 0. The van der Waals surface area contributed by atoms with E-state index in [1.54, 1.807) is 23.6 Å². The minimum Gasteiger partial charge on any atom is -0.501 e. The zero-order valence-electron chi connectivity index (χ0n) is 16.4. The standard InChI is InChI=1S/C22H18F2N4OS2/c23-14-8-16-20(27-11-30-16)18(24)19(14)28-15-1-4-26-21-13(15)7-17(31-21)22(3-5-25-10-22)12-2-6-29-9-12/h1,4,7-9,11,25H,2-3,5-6,10H2,(H,26,28)/t22-/m0/s1. The Balaban J connectivity index is 1.45. The zero-order chi connectivity index (χ0) is 21.0. The van der Waals surface area contributed by atoms with Gasteiger partial charge in [0.15, 0.2) is 11.6 Å². The predicted molar refractivity (Wildman–Crippen MR) is 120 cm³/mol. The molecule has 2 aliphatic heterocycles. The Morgan fingerprint density at radius 1 is 1.23 bits per heavy atom. The van der Waals surface area contributed by atoms with Crippen LogP contribution in [0.2, 0.25) is 0 Å². The second-order valence-corrected chi connectivity index (χ2v) is 9.75. The molecular weight excluding hydrogens is 438 g/mol. The van der Waals surface area contributed by atoms with Crippen LogP contribution in [-0.2, 0) is 10.2 Å². The van der Waals surface area contributed by atoms with Crippen LogP contribution in [0.3, 0.4) is 0 Å². The van der Waals surface area contributed by atoms with Crippen molar-refractivity contribution < 1.29 is 13.5 Å². The van der Waals surface area contributed by atoms with Gasteiger partial charge in [0.25, 0.3) is 0 Å². The number of halogens is 2. The largest absolute Gasteiger partial charge is 0.501 e. The second-order valence-electron chi connectivity index (χ2n) is 7.83. The number of pyridine rings is 1. The normalized spacial score (nSPS) is 21.0. The van der Waals surface area contributed by atoms with E-state index in [0.717, 1.165) is 36.1 Å². The monoisotopic (exact) mass is 456 g/mol. The van der Waals surface area contributed by atoms with Crippen molar-refractivity contribution in [3.63, 3.8) is 0 Å². The summed E-state index contributed by atoms with van der Waals surface area (Å²) in [5, 5.41) is 7.32. The molecule has 4 aromatic rings. The zero-order valence-corrected chi connectivity index (χ0v) is 18.0. The highest BCUT2D eigenvalue weighted by Crippen LogP contribution is 2.46. The van der Waals surface area contributed by atoms with Gasteiger partial charge in [-0.15, -0.1) is 22.7 Å². The van der Waals surface area contributed by atoms with Crippen LogP contribution in [0.15, 0.2) is 41.7 Å². The van der Waals surface area contributed by atoms with Gasteiger partial charge in [-0.3, -0.25) is 0 Å². The number of ether oxygens (including phenoxy) is 1. The first-order valence-electron chi connectivity index (χ1n) is 10.0. The van der Waals surface area contributed by atoms with E-state index in [4.69, 9.17) is 4.74 Å². The van der Waals surface area contributed by atoms with Gasteiger partial charge in [0.2, 0.25) is 0 Å². The summed E-state index contributed by atoms with van der Waals surface area (Å²) in [5.74, 6) is -1.32. The molecule has 0 aliphatic carbocycles. The molecule has 31 heavy (non-hydrogen) atoms. The van der Waals surface area contributed by atoms with Crippen LogP contribution in [0.4, 0.5) is 20.2 Å². The highest BCUT2D eigenvalue weighted by Gasteiger charge is 2.42. The Morgan fingerprint density at radius 2 is 2.16 bits per heavy atom. The van der Waals surface area contributed by atoms with Gasteiger partial charge in [-0.2, -0.15) is 0 Å². The second kappa shape index (κ2) is 7.22. The van der Waals surface area contributed by atoms with Crippen LogP contribution in [0.25, 0.3) is 20.4 Å². The van der Waals surface area contributed by atoms with Gasteiger partial charge < -0.3 is 15.4 Å². The lowest BCUT2D eigenvalue weighted by Crippen LogP contribution is -2.30. The van der Waals surface area contributed by atoms with Crippen LogP contribution in [-0.4, -0.2) is 29.7 Å². The first kappa shape index (κ1) is 19.1. The summed E-state index contributed by atoms with van der Waals surface area (Å²) in [4.78, 5) is 10.6. The van der Waals surface area contributed by atoms with Crippen LogP contribution in [0, 0.1) is 11.6 Å². The highest BCUT2D eigenvalue weighted by atomic mass is 32.1. The number of fused-ring (bicyclic) bond motifs is 2. The van der Waals surface area contributed by atoms with Gasteiger partial charge in [-0.05, 0) is 36.7 Å². The maximum absolute atomic E-state index is 15.0. The predicted octanol–water partition coefficient (Wildman–Crippen LogP) is 5.46. The van der Waals surface area contributed by atoms with Gasteiger partial charge >= 0.3 is 0 Å². The third kappa shape index (κ3) is 2.95. The molecule has 2 N–H and O–H groups in total. The number of thiophene rings is 1. The van der Waals surface area contributed by atoms with E-state index < -0.39 is 11.6 Å². The van der Waals surface area contributed by atoms with Crippen molar-refractivity contribution in [1.29, 1.82) is 0 Å².